The number of imidazole rings is 1. The van der Waals surface area contributed by atoms with Crippen molar-refractivity contribution in [3.63, 3.8) is 0 Å². The zero-order valence-corrected chi connectivity index (χ0v) is 35.6. The Morgan fingerprint density at radius 2 is 1.17 bits per heavy atom. The van der Waals surface area contributed by atoms with Crippen molar-refractivity contribution < 1.29 is 43.8 Å². The second kappa shape index (κ2) is 21.7. The molecule has 0 bridgehead atoms. The Bertz CT molecular complexity index is 2390. The first-order valence-electron chi connectivity index (χ1n) is 20.8. The molecule has 0 saturated heterocycles. The standard InChI is InChI=1S/C44H56N10O9/c1-5-24(4)38(54-39(57)30(45)17-27-21-46-22-49-27)43(61)52-33(14-23(2)3)40(58)51-35(18-37(55)56)42(60)50-34(15-25-19-47-31-12-8-6-10-28(25)31)41(59)53-36(44(62)63)16-26-20-48-32-13-9-7-11-29(26)32/h6-13,19-24,30,33-36,38,47-48H,5,14-18,45H2,1-4H3,(H,46,49)(H,50,60)(H,51,58)(H,52,61)(H,53,59)(H,54,57)(H,55,56)(H,62,63)/t24-,30-,33-,34-,35-,36-,38-/m0/s1. The molecule has 7 atom stereocenters. The SMILES string of the molecule is CC[C@H](C)[C@H](NC(=O)[C@@H](N)Cc1c[nH]cn1)C(=O)N[C@@H](CC(C)C)C(=O)N[C@@H](CC(=O)O)C(=O)N[C@@H](Cc1c[nH]c2ccccc12)C(=O)N[C@@H](Cc1c[nH]c2ccccc12)C(=O)O. The van der Waals surface area contributed by atoms with E-state index >= 15 is 0 Å². The number of carboxylic acids is 2. The molecule has 0 aliphatic rings. The number of amides is 5. The van der Waals surface area contributed by atoms with Gasteiger partial charge >= 0.3 is 11.9 Å². The molecule has 336 valence electrons. The Kier molecular flexibility index (Phi) is 16.2. The van der Waals surface area contributed by atoms with Crippen LogP contribution in [0.15, 0.2) is 73.4 Å². The Morgan fingerprint density at radius 1 is 0.651 bits per heavy atom. The molecular formula is C44H56N10O9. The van der Waals surface area contributed by atoms with Crippen LogP contribution >= 0.6 is 0 Å². The summed E-state index contributed by atoms with van der Waals surface area (Å²) >= 11 is 0. The Morgan fingerprint density at radius 3 is 1.71 bits per heavy atom. The van der Waals surface area contributed by atoms with Gasteiger partial charge in [0.1, 0.15) is 30.2 Å². The van der Waals surface area contributed by atoms with Crippen molar-refractivity contribution in [1.82, 2.24) is 46.5 Å². The van der Waals surface area contributed by atoms with Crippen LogP contribution in [-0.2, 0) is 52.8 Å². The molecule has 0 unspecified atom stereocenters. The minimum Gasteiger partial charge on any atom is -0.481 e. The van der Waals surface area contributed by atoms with Gasteiger partial charge in [0.25, 0.3) is 0 Å². The molecule has 0 saturated carbocycles. The minimum atomic E-state index is -1.74. The largest absolute Gasteiger partial charge is 0.481 e. The minimum absolute atomic E-state index is 0.0669. The molecule has 0 aliphatic carbocycles. The number of aliphatic carboxylic acids is 2. The third-order valence-corrected chi connectivity index (χ3v) is 10.9. The number of carbonyl (C=O) groups excluding carboxylic acids is 5. The summed E-state index contributed by atoms with van der Waals surface area (Å²) in [5, 5.41) is 34.6. The molecule has 63 heavy (non-hydrogen) atoms. The molecule has 3 aromatic heterocycles. The summed E-state index contributed by atoms with van der Waals surface area (Å²) in [6, 6.07) is 6.46. The van der Waals surface area contributed by atoms with Crippen LogP contribution in [0.3, 0.4) is 0 Å². The van der Waals surface area contributed by atoms with Gasteiger partial charge in [-0.15, -0.1) is 0 Å². The number of hydrogen-bond donors (Lipinski definition) is 11. The fraction of sp³-hybridized carbons (Fsp3) is 0.409. The molecule has 5 amide bonds. The van der Waals surface area contributed by atoms with Crippen molar-refractivity contribution in [1.29, 1.82) is 0 Å². The van der Waals surface area contributed by atoms with Gasteiger partial charge in [0.2, 0.25) is 29.5 Å². The number of carboxylic acid groups (broad SMARTS) is 2. The number of aromatic nitrogens is 4. The summed E-state index contributed by atoms with van der Waals surface area (Å²) < 4.78 is 0. The molecule has 0 fully saturated rings. The molecule has 19 nitrogen and oxygen atoms in total. The molecule has 5 aromatic rings. The van der Waals surface area contributed by atoms with Gasteiger partial charge in [-0.1, -0.05) is 70.5 Å². The summed E-state index contributed by atoms with van der Waals surface area (Å²) in [6.45, 7) is 7.17. The number of para-hydroxylation sites is 2. The molecular weight excluding hydrogens is 813 g/mol. The first-order chi connectivity index (χ1) is 30.0. The maximum atomic E-state index is 14.1. The second-order valence-electron chi connectivity index (χ2n) is 16.2. The number of H-pyrrole nitrogens is 3. The third kappa shape index (κ3) is 12.8. The summed E-state index contributed by atoms with van der Waals surface area (Å²) in [5.41, 5.74) is 9.42. The smallest absolute Gasteiger partial charge is 0.326 e. The van der Waals surface area contributed by atoms with Crippen LogP contribution in [0.25, 0.3) is 21.8 Å². The van der Waals surface area contributed by atoms with E-state index in [9.17, 15) is 43.8 Å². The maximum absolute atomic E-state index is 14.1. The van der Waals surface area contributed by atoms with Crippen molar-refractivity contribution in [2.45, 2.75) is 102 Å². The number of nitrogens with zero attached hydrogens (tertiary/aromatic N) is 1. The summed E-state index contributed by atoms with van der Waals surface area (Å²) in [5.74, 6) is -7.45. The highest BCUT2D eigenvalue weighted by Crippen LogP contribution is 2.21. The molecule has 3 heterocycles. The number of nitrogens with one attached hydrogen (secondary N) is 8. The fourth-order valence-electron chi connectivity index (χ4n) is 7.30. The number of hydrogen-bond acceptors (Lipinski definition) is 9. The summed E-state index contributed by atoms with van der Waals surface area (Å²) in [6.07, 6.45) is 5.85. The van der Waals surface area contributed by atoms with Crippen LogP contribution in [0, 0.1) is 11.8 Å². The van der Waals surface area contributed by atoms with Crippen LogP contribution in [-0.4, -0.2) is 108 Å². The van der Waals surface area contributed by atoms with Gasteiger partial charge in [0.15, 0.2) is 0 Å². The fourth-order valence-corrected chi connectivity index (χ4v) is 7.30. The van der Waals surface area contributed by atoms with E-state index in [1.54, 1.807) is 57.6 Å². The number of fused-ring (bicyclic) bond motifs is 2. The highest BCUT2D eigenvalue weighted by molar-refractivity contribution is 5.98. The number of benzene rings is 2. The lowest BCUT2D eigenvalue weighted by Gasteiger charge is -2.29. The van der Waals surface area contributed by atoms with E-state index in [1.807, 2.05) is 37.3 Å². The van der Waals surface area contributed by atoms with Crippen LogP contribution in [0.1, 0.15) is 63.8 Å². The van der Waals surface area contributed by atoms with Crippen LogP contribution < -0.4 is 32.3 Å². The Labute approximate surface area is 363 Å². The number of rotatable bonds is 23. The van der Waals surface area contributed by atoms with E-state index in [2.05, 4.69) is 46.5 Å². The van der Waals surface area contributed by atoms with Gasteiger partial charge in [-0.05, 0) is 41.5 Å². The molecule has 5 rings (SSSR count). The number of nitrogens with two attached hydrogens (primary N) is 1. The Balaban J connectivity index is 1.35. The molecule has 12 N–H and O–H groups in total. The van der Waals surface area contributed by atoms with Crippen LogP contribution in [0.4, 0.5) is 0 Å². The Hall–Kier alpha value is -7.02. The maximum Gasteiger partial charge on any atom is 0.326 e. The lowest BCUT2D eigenvalue weighted by molar-refractivity contribution is -0.143. The first kappa shape index (κ1) is 47.0. The quantitative estimate of drug-likeness (QED) is 0.0450. The molecule has 0 radical (unpaired) electrons. The van der Waals surface area contributed by atoms with Crippen molar-refractivity contribution in [3.05, 3.63) is 90.3 Å². The van der Waals surface area contributed by atoms with Gasteiger partial charge in [-0.2, -0.15) is 0 Å². The zero-order chi connectivity index (χ0) is 45.8. The van der Waals surface area contributed by atoms with Crippen LogP contribution in [0.5, 0.6) is 0 Å². The molecule has 19 heteroatoms. The van der Waals surface area contributed by atoms with Gasteiger partial charge in [0, 0.05) is 59.7 Å². The molecule has 0 aliphatic heterocycles. The molecule has 0 spiro atoms. The lowest BCUT2D eigenvalue weighted by Crippen LogP contribution is -2.60. The summed E-state index contributed by atoms with van der Waals surface area (Å²) in [4.78, 5) is 107. The summed E-state index contributed by atoms with van der Waals surface area (Å²) in [7, 11) is 0. The van der Waals surface area contributed by atoms with E-state index in [4.69, 9.17) is 5.73 Å². The lowest BCUT2D eigenvalue weighted by atomic mass is 9.96. The van der Waals surface area contributed by atoms with Gasteiger partial charge < -0.3 is 57.5 Å². The monoisotopic (exact) mass is 868 g/mol. The first-order valence-corrected chi connectivity index (χ1v) is 20.8. The van der Waals surface area contributed by atoms with Gasteiger partial charge in [-0.3, -0.25) is 28.8 Å². The van der Waals surface area contributed by atoms with Gasteiger partial charge in [0.05, 0.1) is 24.5 Å². The van der Waals surface area contributed by atoms with Crippen molar-refractivity contribution in [2.75, 3.05) is 0 Å². The highest BCUT2D eigenvalue weighted by Gasteiger charge is 2.35. The van der Waals surface area contributed by atoms with Crippen molar-refractivity contribution in [2.24, 2.45) is 17.6 Å². The topological polar surface area (TPSA) is 306 Å². The van der Waals surface area contributed by atoms with E-state index in [0.717, 1.165) is 21.8 Å². The number of carbonyl (C=O) groups is 7. The predicted molar refractivity (Wildman–Crippen MR) is 233 cm³/mol. The number of aromatic amines is 3. The average molecular weight is 869 g/mol. The van der Waals surface area contributed by atoms with E-state index in [0.29, 0.717) is 23.2 Å². The highest BCUT2D eigenvalue weighted by atomic mass is 16.4. The van der Waals surface area contributed by atoms with Crippen molar-refractivity contribution >= 4 is 63.3 Å². The van der Waals surface area contributed by atoms with Crippen LogP contribution in [0.2, 0.25) is 0 Å². The van der Waals surface area contributed by atoms with Crippen molar-refractivity contribution in [3.8, 4) is 0 Å². The zero-order valence-electron chi connectivity index (χ0n) is 35.6. The normalized spacial score (nSPS) is 14.8. The van der Waals surface area contributed by atoms with Gasteiger partial charge in [-0.25, -0.2) is 9.78 Å². The molecule has 2 aromatic carbocycles. The average Bonchev–Trinajstić information content (AvgIpc) is 4.02. The van der Waals surface area contributed by atoms with E-state index in [-0.39, 0.29) is 31.6 Å². The van der Waals surface area contributed by atoms with E-state index in [1.165, 1.54) is 6.33 Å². The third-order valence-electron chi connectivity index (χ3n) is 10.9. The predicted octanol–water partition coefficient (Wildman–Crippen LogP) is 1.80. The second-order valence-corrected chi connectivity index (χ2v) is 16.2. The van der Waals surface area contributed by atoms with E-state index < -0.39 is 90.1 Å².